The molecule has 13 aromatic carbocycles. The van der Waals surface area contributed by atoms with E-state index in [1.807, 2.05) is 0 Å². The molecule has 0 atom stereocenters. The SMILES string of the molecule is CC1(C)c2ccccc2-c2ccc(-c3ccc4c(-c5c6ccccc6cc6ccccc56)c5cc(-c6ccc7c(c6)C(C)(C)c6ccccc6-7)ccc5c(-c5c6ccccc6cc6ccccc56)c4c3)cc21. The molecule has 13 aromatic rings. The van der Waals surface area contributed by atoms with Crippen LogP contribution >= 0.6 is 0 Å². The van der Waals surface area contributed by atoms with Gasteiger partial charge >= 0.3 is 0 Å². The van der Waals surface area contributed by atoms with Crippen LogP contribution < -0.4 is 0 Å². The Morgan fingerprint density at radius 3 is 0.889 bits per heavy atom. The van der Waals surface area contributed by atoms with Crippen molar-refractivity contribution in [3.05, 3.63) is 253 Å². The molecule has 0 saturated heterocycles. The quantitative estimate of drug-likeness (QED) is 0.154. The molecule has 2 aliphatic carbocycles. The van der Waals surface area contributed by atoms with E-state index in [9.17, 15) is 0 Å². The van der Waals surface area contributed by atoms with E-state index in [1.165, 1.54) is 154 Å². The first-order chi connectivity index (χ1) is 35.2. The molecule has 0 amide bonds. The molecule has 2 aliphatic rings. The van der Waals surface area contributed by atoms with Gasteiger partial charge in [-0.1, -0.05) is 222 Å². The van der Waals surface area contributed by atoms with Crippen LogP contribution in [0.4, 0.5) is 0 Å². The number of rotatable bonds is 4. The lowest BCUT2D eigenvalue weighted by Crippen LogP contribution is -2.14. The molecule has 0 fully saturated rings. The molecular formula is C72H50. The van der Waals surface area contributed by atoms with Crippen molar-refractivity contribution >= 4 is 64.6 Å². The first-order valence-electron chi connectivity index (χ1n) is 25.6. The Labute approximate surface area is 420 Å². The number of benzene rings is 13. The Morgan fingerprint density at radius 1 is 0.208 bits per heavy atom. The minimum atomic E-state index is -0.110. The van der Waals surface area contributed by atoms with Gasteiger partial charge < -0.3 is 0 Å². The molecule has 0 N–H and O–H groups in total. The molecule has 0 nitrogen and oxygen atoms in total. The average Bonchev–Trinajstić information content (AvgIpc) is 3.79. The van der Waals surface area contributed by atoms with Crippen LogP contribution in [0.3, 0.4) is 0 Å². The van der Waals surface area contributed by atoms with Gasteiger partial charge in [0.15, 0.2) is 0 Å². The molecule has 0 spiro atoms. The fourth-order valence-electron chi connectivity index (χ4n) is 13.5. The van der Waals surface area contributed by atoms with E-state index in [2.05, 4.69) is 258 Å². The van der Waals surface area contributed by atoms with Crippen molar-refractivity contribution in [1.29, 1.82) is 0 Å². The average molecular weight is 915 g/mol. The van der Waals surface area contributed by atoms with Crippen molar-refractivity contribution in [3.63, 3.8) is 0 Å². The summed E-state index contributed by atoms with van der Waals surface area (Å²) in [7, 11) is 0. The van der Waals surface area contributed by atoms with Crippen LogP contribution in [0.15, 0.2) is 231 Å². The highest BCUT2D eigenvalue weighted by molar-refractivity contribution is 6.31. The molecule has 0 radical (unpaired) electrons. The summed E-state index contributed by atoms with van der Waals surface area (Å²) in [5.74, 6) is 0. The highest BCUT2D eigenvalue weighted by Gasteiger charge is 2.37. The third-order valence-corrected chi connectivity index (χ3v) is 17.0. The lowest BCUT2D eigenvalue weighted by Gasteiger charge is -2.24. The highest BCUT2D eigenvalue weighted by Crippen LogP contribution is 2.54. The molecule has 0 saturated carbocycles. The second kappa shape index (κ2) is 15.0. The normalized spacial score (nSPS) is 14.1. The zero-order valence-electron chi connectivity index (χ0n) is 40.9. The summed E-state index contributed by atoms with van der Waals surface area (Å²) < 4.78 is 0. The summed E-state index contributed by atoms with van der Waals surface area (Å²) in [5, 5.41) is 15.0. The predicted molar refractivity (Wildman–Crippen MR) is 308 cm³/mol. The number of hydrogen-bond acceptors (Lipinski definition) is 0. The second-order valence-electron chi connectivity index (χ2n) is 21.5. The monoisotopic (exact) mass is 914 g/mol. The van der Waals surface area contributed by atoms with Crippen molar-refractivity contribution in [2.75, 3.05) is 0 Å². The van der Waals surface area contributed by atoms with Gasteiger partial charge in [0.25, 0.3) is 0 Å². The van der Waals surface area contributed by atoms with Crippen molar-refractivity contribution < 1.29 is 0 Å². The summed E-state index contributed by atoms with van der Waals surface area (Å²) in [4.78, 5) is 0. The van der Waals surface area contributed by atoms with Gasteiger partial charge in [-0.2, -0.15) is 0 Å². The topological polar surface area (TPSA) is 0 Å². The van der Waals surface area contributed by atoms with E-state index in [1.54, 1.807) is 0 Å². The fourth-order valence-corrected chi connectivity index (χ4v) is 13.5. The molecule has 0 bridgehead atoms. The Morgan fingerprint density at radius 2 is 0.500 bits per heavy atom. The predicted octanol–water partition coefficient (Wildman–Crippen LogP) is 19.9. The van der Waals surface area contributed by atoms with E-state index in [0.29, 0.717) is 0 Å². The first-order valence-corrected chi connectivity index (χ1v) is 25.6. The minimum absolute atomic E-state index is 0.110. The Bertz CT molecular complexity index is 4100. The molecular weight excluding hydrogens is 865 g/mol. The van der Waals surface area contributed by atoms with Gasteiger partial charge in [-0.25, -0.2) is 0 Å². The van der Waals surface area contributed by atoms with Gasteiger partial charge in [-0.3, -0.25) is 0 Å². The third-order valence-electron chi connectivity index (χ3n) is 17.0. The van der Waals surface area contributed by atoms with E-state index < -0.39 is 0 Å². The zero-order chi connectivity index (χ0) is 48.0. The summed E-state index contributed by atoms with van der Waals surface area (Å²) in [6.45, 7) is 9.54. The van der Waals surface area contributed by atoms with Crippen LogP contribution in [0, 0.1) is 0 Å². The molecule has 72 heavy (non-hydrogen) atoms. The molecule has 0 unspecified atom stereocenters. The van der Waals surface area contributed by atoms with E-state index in [0.717, 1.165) is 0 Å². The van der Waals surface area contributed by atoms with Crippen molar-refractivity contribution in [3.8, 4) is 66.8 Å². The second-order valence-corrected chi connectivity index (χ2v) is 21.5. The molecule has 15 rings (SSSR count). The molecule has 0 heterocycles. The Kier molecular flexibility index (Phi) is 8.57. The number of fused-ring (bicyclic) bond motifs is 12. The van der Waals surface area contributed by atoms with Gasteiger partial charge in [0, 0.05) is 10.8 Å². The third kappa shape index (κ3) is 5.75. The maximum absolute atomic E-state index is 2.53. The van der Waals surface area contributed by atoms with E-state index >= 15 is 0 Å². The Balaban J connectivity index is 1.10. The van der Waals surface area contributed by atoms with Crippen LogP contribution in [0.25, 0.3) is 131 Å². The van der Waals surface area contributed by atoms with Crippen LogP contribution in [0.5, 0.6) is 0 Å². The molecule has 0 aromatic heterocycles. The number of hydrogen-bond donors (Lipinski definition) is 0. The maximum Gasteiger partial charge on any atom is 0.0159 e. The fraction of sp³-hybridized carbons (Fsp3) is 0.0833. The maximum atomic E-state index is 2.53. The summed E-state index contributed by atoms with van der Waals surface area (Å²) >= 11 is 0. The Hall–Kier alpha value is -8.58. The van der Waals surface area contributed by atoms with Gasteiger partial charge in [-0.15, -0.1) is 0 Å². The van der Waals surface area contributed by atoms with Crippen LogP contribution in [-0.4, -0.2) is 0 Å². The minimum Gasteiger partial charge on any atom is -0.0619 e. The van der Waals surface area contributed by atoms with E-state index in [-0.39, 0.29) is 10.8 Å². The van der Waals surface area contributed by atoms with Crippen molar-refractivity contribution in [2.24, 2.45) is 0 Å². The van der Waals surface area contributed by atoms with Gasteiger partial charge in [0.2, 0.25) is 0 Å². The highest BCUT2D eigenvalue weighted by atomic mass is 14.4. The van der Waals surface area contributed by atoms with Crippen molar-refractivity contribution in [1.82, 2.24) is 0 Å². The van der Waals surface area contributed by atoms with Gasteiger partial charge in [-0.05, 0) is 190 Å². The van der Waals surface area contributed by atoms with Crippen LogP contribution in [0.2, 0.25) is 0 Å². The summed E-state index contributed by atoms with van der Waals surface area (Å²) in [6, 6.07) is 87.9. The van der Waals surface area contributed by atoms with Crippen molar-refractivity contribution in [2.45, 2.75) is 38.5 Å². The molecule has 0 heteroatoms. The van der Waals surface area contributed by atoms with Gasteiger partial charge in [0.1, 0.15) is 0 Å². The van der Waals surface area contributed by atoms with Crippen LogP contribution in [-0.2, 0) is 10.8 Å². The summed E-state index contributed by atoms with van der Waals surface area (Å²) in [5.41, 5.74) is 20.7. The largest absolute Gasteiger partial charge is 0.0619 e. The molecule has 338 valence electrons. The first kappa shape index (κ1) is 41.2. The molecule has 0 aliphatic heterocycles. The van der Waals surface area contributed by atoms with Gasteiger partial charge in [0.05, 0.1) is 0 Å². The smallest absolute Gasteiger partial charge is 0.0159 e. The lowest BCUT2D eigenvalue weighted by atomic mass is 9.79. The lowest BCUT2D eigenvalue weighted by molar-refractivity contribution is 0.660. The summed E-state index contributed by atoms with van der Waals surface area (Å²) in [6.07, 6.45) is 0. The van der Waals surface area contributed by atoms with Crippen LogP contribution in [0.1, 0.15) is 49.9 Å². The van der Waals surface area contributed by atoms with E-state index in [4.69, 9.17) is 0 Å². The zero-order valence-corrected chi connectivity index (χ0v) is 40.9. The standard InChI is InChI=1S/C72H50/c1-71(2)63-27-15-13-25-55(63)57-33-29-45(41-65(57)71)43-31-35-59-61(39-43)69(67-51-21-9-5-17-47(51)37-48-18-6-10-22-52(48)67)60-36-32-44(46-30-34-58-56-26-14-16-28-64(56)72(3,4)66(58)42-46)40-62(60)70(59)68-53-23-11-7-19-49(53)38-50-20-8-12-24-54(50)68/h5-42H,1-4H3.